The van der Waals surface area contributed by atoms with Crippen LogP contribution < -0.4 is 0 Å². The molecule has 0 aliphatic heterocycles. The van der Waals surface area contributed by atoms with Crippen molar-refractivity contribution in [3.63, 3.8) is 0 Å². The Balaban J connectivity index is 2.62. The van der Waals surface area contributed by atoms with E-state index in [2.05, 4.69) is 51.5 Å². The van der Waals surface area contributed by atoms with Crippen LogP contribution in [0.15, 0.2) is 18.2 Å². The monoisotopic (exact) mass is 325 g/mol. The van der Waals surface area contributed by atoms with Crippen LogP contribution in [-0.2, 0) is 10.9 Å². The van der Waals surface area contributed by atoms with Crippen LogP contribution in [0, 0.1) is 12.7 Å². The number of rotatable bonds is 2. The van der Waals surface area contributed by atoms with Gasteiger partial charge in [-0.3, -0.25) is 0 Å². The summed E-state index contributed by atoms with van der Waals surface area (Å²) < 4.78 is 15.4. The lowest BCUT2D eigenvalue weighted by molar-refractivity contribution is 0.391. The summed E-state index contributed by atoms with van der Waals surface area (Å²) in [6.07, 6.45) is 0. The molecule has 3 nitrogen and oxygen atoms in total. The van der Waals surface area contributed by atoms with E-state index in [9.17, 15) is 4.39 Å². The molecule has 0 atom stereocenters. The second kappa shape index (κ2) is 5.04. The van der Waals surface area contributed by atoms with Crippen molar-refractivity contribution in [2.75, 3.05) is 0 Å². The van der Waals surface area contributed by atoms with Crippen molar-refractivity contribution in [3.8, 4) is 11.4 Å². The highest BCUT2D eigenvalue weighted by atomic mass is 79.9. The highest BCUT2D eigenvalue weighted by molar-refractivity contribution is 9.08. The van der Waals surface area contributed by atoms with Crippen molar-refractivity contribution < 1.29 is 4.39 Å². The highest BCUT2D eigenvalue weighted by Crippen LogP contribution is 2.27. The number of hydrogen-bond acceptors (Lipinski definition) is 2. The lowest BCUT2D eigenvalue weighted by atomic mass is 10.1. The summed E-state index contributed by atoms with van der Waals surface area (Å²) in [6.45, 7) is 8.05. The van der Waals surface area contributed by atoms with Crippen LogP contribution in [0.25, 0.3) is 11.4 Å². The summed E-state index contributed by atoms with van der Waals surface area (Å²) in [5, 5.41) is 9.09. The Labute approximate surface area is 121 Å². The molecule has 19 heavy (non-hydrogen) atoms. The van der Waals surface area contributed by atoms with Gasteiger partial charge in [0.2, 0.25) is 0 Å². The number of halogens is 2. The standard InChI is InChI=1S/C14H17BrFN3/c1-9-7-10(5-6-11(9)16)13-18-17-12(8-15)19(13)14(2,3)4/h5-7H,8H2,1-4H3. The van der Waals surface area contributed by atoms with Crippen molar-refractivity contribution in [1.29, 1.82) is 0 Å². The smallest absolute Gasteiger partial charge is 0.164 e. The van der Waals surface area contributed by atoms with Crippen molar-refractivity contribution in [3.05, 3.63) is 35.4 Å². The average molecular weight is 326 g/mol. The Morgan fingerprint density at radius 1 is 1.26 bits per heavy atom. The molecule has 0 N–H and O–H groups in total. The quantitative estimate of drug-likeness (QED) is 0.780. The number of aromatic nitrogens is 3. The molecule has 0 aliphatic carbocycles. The zero-order chi connectivity index (χ0) is 14.2. The summed E-state index contributed by atoms with van der Waals surface area (Å²) in [7, 11) is 0. The molecule has 2 rings (SSSR count). The molecule has 102 valence electrons. The van der Waals surface area contributed by atoms with E-state index < -0.39 is 0 Å². The second-order valence-electron chi connectivity index (χ2n) is 5.54. The Morgan fingerprint density at radius 3 is 2.47 bits per heavy atom. The van der Waals surface area contributed by atoms with Gasteiger partial charge in [0.25, 0.3) is 0 Å². The first-order valence-corrected chi connectivity index (χ1v) is 7.24. The Morgan fingerprint density at radius 2 is 1.95 bits per heavy atom. The van der Waals surface area contributed by atoms with E-state index in [1.807, 2.05) is 0 Å². The van der Waals surface area contributed by atoms with Gasteiger partial charge in [-0.25, -0.2) is 4.39 Å². The molecule has 0 bridgehead atoms. The first-order valence-electron chi connectivity index (χ1n) is 6.12. The predicted octanol–water partition coefficient (Wildman–Crippen LogP) is 4.04. The van der Waals surface area contributed by atoms with Crippen LogP contribution in [0.2, 0.25) is 0 Å². The number of aryl methyl sites for hydroxylation is 1. The zero-order valence-electron chi connectivity index (χ0n) is 11.5. The van der Waals surface area contributed by atoms with E-state index in [1.165, 1.54) is 6.07 Å². The third-order valence-corrected chi connectivity index (χ3v) is 3.44. The molecular formula is C14H17BrFN3. The molecule has 0 saturated carbocycles. The fraction of sp³-hybridized carbons (Fsp3) is 0.429. The third-order valence-electron chi connectivity index (χ3n) is 2.94. The maximum Gasteiger partial charge on any atom is 0.164 e. The van der Waals surface area contributed by atoms with Crippen LogP contribution in [0.5, 0.6) is 0 Å². The third kappa shape index (κ3) is 2.71. The molecule has 0 spiro atoms. The normalized spacial score (nSPS) is 11.9. The predicted molar refractivity (Wildman–Crippen MR) is 77.8 cm³/mol. The average Bonchev–Trinajstić information content (AvgIpc) is 2.76. The van der Waals surface area contributed by atoms with Gasteiger partial charge < -0.3 is 4.57 Å². The fourth-order valence-electron chi connectivity index (χ4n) is 2.08. The maximum atomic E-state index is 13.4. The van der Waals surface area contributed by atoms with Gasteiger partial charge in [-0.2, -0.15) is 0 Å². The SMILES string of the molecule is Cc1cc(-c2nnc(CBr)n2C(C)(C)C)ccc1F. The van der Waals surface area contributed by atoms with E-state index in [-0.39, 0.29) is 11.4 Å². The topological polar surface area (TPSA) is 30.7 Å². The van der Waals surface area contributed by atoms with Crippen LogP contribution in [0.1, 0.15) is 32.2 Å². The number of nitrogens with zero attached hydrogens (tertiary/aromatic N) is 3. The molecular weight excluding hydrogens is 309 g/mol. The lowest BCUT2D eigenvalue weighted by Crippen LogP contribution is -2.24. The number of hydrogen-bond donors (Lipinski definition) is 0. The second-order valence-corrected chi connectivity index (χ2v) is 6.10. The minimum Gasteiger partial charge on any atom is -0.305 e. The molecule has 2 aromatic rings. The summed E-state index contributed by atoms with van der Waals surface area (Å²) in [5.74, 6) is 1.43. The molecule has 0 unspecified atom stereocenters. The molecule has 1 aromatic carbocycles. The van der Waals surface area contributed by atoms with Gasteiger partial charge in [-0.1, -0.05) is 15.9 Å². The van der Waals surface area contributed by atoms with Crippen LogP contribution in [-0.4, -0.2) is 14.8 Å². The van der Waals surface area contributed by atoms with Crippen molar-refractivity contribution in [2.24, 2.45) is 0 Å². The zero-order valence-corrected chi connectivity index (χ0v) is 13.1. The molecule has 1 aromatic heterocycles. The number of benzene rings is 1. The molecule has 5 heteroatoms. The molecule has 0 radical (unpaired) electrons. The van der Waals surface area contributed by atoms with E-state index in [0.717, 1.165) is 17.2 Å². The molecule has 0 saturated heterocycles. The van der Waals surface area contributed by atoms with Gasteiger partial charge in [0.15, 0.2) is 5.82 Å². The molecule has 0 amide bonds. The first kappa shape index (κ1) is 14.2. The van der Waals surface area contributed by atoms with Crippen molar-refractivity contribution in [1.82, 2.24) is 14.8 Å². The van der Waals surface area contributed by atoms with Gasteiger partial charge in [-0.15, -0.1) is 10.2 Å². The number of alkyl halides is 1. The summed E-state index contributed by atoms with van der Waals surface area (Å²) >= 11 is 3.43. The first-order chi connectivity index (χ1) is 8.84. The maximum absolute atomic E-state index is 13.4. The minimum absolute atomic E-state index is 0.135. The lowest BCUT2D eigenvalue weighted by Gasteiger charge is -2.24. The summed E-state index contributed by atoms with van der Waals surface area (Å²) in [4.78, 5) is 0. The van der Waals surface area contributed by atoms with Crippen LogP contribution >= 0.6 is 15.9 Å². The summed E-state index contributed by atoms with van der Waals surface area (Å²) in [6, 6.07) is 5.02. The van der Waals surface area contributed by atoms with Crippen molar-refractivity contribution in [2.45, 2.75) is 38.6 Å². The van der Waals surface area contributed by atoms with Gasteiger partial charge in [-0.05, 0) is 51.5 Å². The van der Waals surface area contributed by atoms with E-state index in [1.54, 1.807) is 19.1 Å². The minimum atomic E-state index is -0.203. The van der Waals surface area contributed by atoms with Gasteiger partial charge >= 0.3 is 0 Å². The van der Waals surface area contributed by atoms with Gasteiger partial charge in [0, 0.05) is 11.1 Å². The fourth-order valence-corrected chi connectivity index (χ4v) is 2.44. The van der Waals surface area contributed by atoms with Crippen LogP contribution in [0.4, 0.5) is 4.39 Å². The molecule has 1 heterocycles. The molecule has 0 fully saturated rings. The Bertz CT molecular complexity index is 599. The van der Waals surface area contributed by atoms with Gasteiger partial charge in [0.1, 0.15) is 11.6 Å². The molecule has 0 aliphatic rings. The van der Waals surface area contributed by atoms with E-state index >= 15 is 0 Å². The largest absolute Gasteiger partial charge is 0.305 e. The van der Waals surface area contributed by atoms with Crippen LogP contribution in [0.3, 0.4) is 0 Å². The Hall–Kier alpha value is -1.23. The van der Waals surface area contributed by atoms with Gasteiger partial charge in [0.05, 0.1) is 5.33 Å². The van der Waals surface area contributed by atoms with E-state index in [0.29, 0.717) is 10.9 Å². The van der Waals surface area contributed by atoms with Crippen molar-refractivity contribution >= 4 is 15.9 Å². The highest BCUT2D eigenvalue weighted by Gasteiger charge is 2.23. The Kier molecular flexibility index (Phi) is 3.76. The van der Waals surface area contributed by atoms with E-state index in [4.69, 9.17) is 0 Å². The summed E-state index contributed by atoms with van der Waals surface area (Å²) in [5.41, 5.74) is 1.36.